The normalized spacial score (nSPS) is 11.2. The van der Waals surface area contributed by atoms with Gasteiger partial charge in [0.05, 0.1) is 9.79 Å². The first kappa shape index (κ1) is 44.7. The van der Waals surface area contributed by atoms with Gasteiger partial charge in [0.25, 0.3) is 0 Å². The van der Waals surface area contributed by atoms with E-state index in [9.17, 15) is 25.9 Å². The van der Waals surface area contributed by atoms with Gasteiger partial charge in [-0.3, -0.25) is 0 Å². The monoisotopic (exact) mass is 762 g/mol. The van der Waals surface area contributed by atoms with Gasteiger partial charge in [0.15, 0.2) is 0 Å². The van der Waals surface area contributed by atoms with Crippen molar-refractivity contribution in [2.45, 2.75) is 114 Å². The molecule has 4 aromatic rings. The summed E-state index contributed by atoms with van der Waals surface area (Å²) in [6, 6.07) is 27.6. The minimum Gasteiger partial charge on any atom is -0.744 e. The molecular weight excluding hydrogens is 713 g/mol. The van der Waals surface area contributed by atoms with Crippen molar-refractivity contribution in [3.63, 3.8) is 0 Å². The minimum atomic E-state index is -4.53. The van der Waals surface area contributed by atoms with Gasteiger partial charge in [0.2, 0.25) is 0 Å². The van der Waals surface area contributed by atoms with Gasteiger partial charge < -0.3 is 18.6 Å². The summed E-state index contributed by atoms with van der Waals surface area (Å²) in [7, 11) is -9.06. The van der Waals surface area contributed by atoms with E-state index in [0.717, 1.165) is 38.5 Å². The molecule has 0 spiro atoms. The van der Waals surface area contributed by atoms with E-state index in [2.05, 4.69) is 13.8 Å². The van der Waals surface area contributed by atoms with Gasteiger partial charge >= 0.3 is 37.7 Å². The molecule has 0 saturated heterocycles. The summed E-state index contributed by atoms with van der Waals surface area (Å²) in [5.41, 5.74) is 0.966. The molecule has 0 bridgehead atoms. The molecule has 0 N–H and O–H groups in total. The molecule has 0 saturated carbocycles. The summed E-state index contributed by atoms with van der Waals surface area (Å²) in [6.45, 7) is 4.34. The first-order chi connectivity index (χ1) is 24.0. The molecule has 51 heavy (non-hydrogen) atoms. The fourth-order valence-corrected chi connectivity index (χ4v) is 7.14. The Balaban J connectivity index is 0.000000347. The summed E-state index contributed by atoms with van der Waals surface area (Å²) in [4.78, 5) is -0.344. The van der Waals surface area contributed by atoms with Gasteiger partial charge in [-0.25, -0.2) is 16.8 Å². The zero-order valence-electron chi connectivity index (χ0n) is 29.9. The van der Waals surface area contributed by atoms with E-state index in [4.69, 9.17) is 9.47 Å². The quantitative estimate of drug-likeness (QED) is 0.0494. The summed E-state index contributed by atoms with van der Waals surface area (Å²) >= 11 is 0. The second kappa shape index (κ2) is 24.0. The van der Waals surface area contributed by atoms with Gasteiger partial charge in [0.1, 0.15) is 43.2 Å². The van der Waals surface area contributed by atoms with E-state index in [0.29, 0.717) is 47.0 Å². The summed E-state index contributed by atoms with van der Waals surface area (Å²) in [5.74, 6) is 2.12. The Labute approximate surface area is 335 Å². The third-order valence-electron chi connectivity index (χ3n) is 8.22. The van der Waals surface area contributed by atoms with E-state index in [1.54, 1.807) is 48.5 Å². The third kappa shape index (κ3) is 16.4. The zero-order chi connectivity index (χ0) is 36.2. The van der Waals surface area contributed by atoms with Crippen LogP contribution in [0.15, 0.2) is 107 Å². The molecule has 0 radical (unpaired) electrons. The Kier molecular flexibility index (Phi) is 21.0. The summed E-state index contributed by atoms with van der Waals surface area (Å²) in [6.07, 6.45) is 14.2. The molecule has 272 valence electrons. The smallest absolute Gasteiger partial charge is 0.744 e. The molecule has 8 nitrogen and oxygen atoms in total. The summed E-state index contributed by atoms with van der Waals surface area (Å²) < 4.78 is 81.4. The Bertz CT molecular complexity index is 1650. The number of unbranched alkanes of at least 4 members (excludes halogenated alkanes) is 10. The standard InChI is InChI=1S/2C20H26O4S.Ca/c2*1-2-3-4-5-6-10-14-18-19(24-17-12-8-7-9-13-17)15-11-16-20(18)25(21,22)23;/h2*7-9,11-13,15-16H,2-6,10,14H2,1H3,(H,21,22,23);/q;;+2/p-2. The van der Waals surface area contributed by atoms with Crippen molar-refractivity contribution in [1.29, 1.82) is 0 Å². The number of benzene rings is 4. The predicted octanol–water partition coefficient (Wildman–Crippen LogP) is 10.2. The topological polar surface area (TPSA) is 133 Å². The molecule has 0 aliphatic rings. The van der Waals surface area contributed by atoms with Crippen molar-refractivity contribution in [3.05, 3.63) is 108 Å². The molecule has 11 heteroatoms. The van der Waals surface area contributed by atoms with Crippen molar-refractivity contribution in [2.75, 3.05) is 0 Å². The summed E-state index contributed by atoms with van der Waals surface area (Å²) in [5, 5.41) is 0. The number of ether oxygens (including phenoxy) is 2. The van der Waals surface area contributed by atoms with Gasteiger partial charge in [-0.05, 0) is 74.2 Å². The van der Waals surface area contributed by atoms with Gasteiger partial charge in [-0.15, -0.1) is 0 Å². The van der Waals surface area contributed by atoms with Crippen LogP contribution in [0.3, 0.4) is 0 Å². The molecule has 0 unspecified atom stereocenters. The Morgan fingerprint density at radius 1 is 0.451 bits per heavy atom. The van der Waals surface area contributed by atoms with Crippen molar-refractivity contribution in [2.24, 2.45) is 0 Å². The van der Waals surface area contributed by atoms with Crippen LogP contribution in [-0.2, 0) is 33.1 Å². The van der Waals surface area contributed by atoms with Crippen LogP contribution in [-0.4, -0.2) is 63.7 Å². The van der Waals surface area contributed by atoms with E-state index < -0.39 is 20.2 Å². The number of hydrogen-bond donors (Lipinski definition) is 0. The van der Waals surface area contributed by atoms with Crippen LogP contribution in [0.4, 0.5) is 0 Å². The van der Waals surface area contributed by atoms with Crippen LogP contribution in [0.2, 0.25) is 0 Å². The average molecular weight is 763 g/mol. The van der Waals surface area contributed by atoms with E-state index in [1.807, 2.05) is 36.4 Å². The first-order valence-electron chi connectivity index (χ1n) is 17.7. The zero-order valence-corrected chi connectivity index (χ0v) is 33.8. The maximum Gasteiger partial charge on any atom is 2.00 e. The Morgan fingerprint density at radius 2 is 0.784 bits per heavy atom. The molecule has 4 aromatic carbocycles. The molecule has 0 fully saturated rings. The minimum absolute atomic E-state index is 0. The largest absolute Gasteiger partial charge is 2.00 e. The molecule has 4 rings (SSSR count). The molecule has 0 aromatic heterocycles. The van der Waals surface area contributed by atoms with Crippen molar-refractivity contribution in [1.82, 2.24) is 0 Å². The number of rotatable bonds is 20. The third-order valence-corrected chi connectivity index (χ3v) is 10.1. The van der Waals surface area contributed by atoms with Gasteiger partial charge in [-0.1, -0.05) is 127 Å². The van der Waals surface area contributed by atoms with Crippen LogP contribution in [0.1, 0.15) is 102 Å². The van der Waals surface area contributed by atoms with Crippen LogP contribution in [0.5, 0.6) is 23.0 Å². The fraction of sp³-hybridized carbons (Fsp3) is 0.400. The Morgan fingerprint density at radius 3 is 1.12 bits per heavy atom. The maximum atomic E-state index is 11.6. The average Bonchev–Trinajstić information content (AvgIpc) is 3.09. The van der Waals surface area contributed by atoms with Gasteiger partial charge in [-0.2, -0.15) is 0 Å². The van der Waals surface area contributed by atoms with Crippen LogP contribution < -0.4 is 9.47 Å². The molecule has 0 atom stereocenters. The SMILES string of the molecule is CCCCCCCCc1c(Oc2ccccc2)cccc1S(=O)(=O)[O-].CCCCCCCCc1c(Oc2ccccc2)cccc1S(=O)(=O)[O-].[Ca+2]. The first-order valence-corrected chi connectivity index (χ1v) is 20.5. The van der Waals surface area contributed by atoms with Crippen LogP contribution in [0, 0.1) is 0 Å². The van der Waals surface area contributed by atoms with Crippen LogP contribution in [0.25, 0.3) is 0 Å². The molecule has 0 amide bonds. The molecule has 0 heterocycles. The second-order valence-electron chi connectivity index (χ2n) is 12.2. The Hall–Kier alpha value is -2.44. The maximum absolute atomic E-state index is 11.6. The van der Waals surface area contributed by atoms with E-state index >= 15 is 0 Å². The van der Waals surface area contributed by atoms with E-state index in [1.165, 1.54) is 50.7 Å². The van der Waals surface area contributed by atoms with Crippen molar-refractivity contribution in [3.8, 4) is 23.0 Å². The van der Waals surface area contributed by atoms with Crippen molar-refractivity contribution < 1.29 is 35.4 Å². The molecule has 0 aliphatic heterocycles. The fourth-order valence-electron chi connectivity index (χ4n) is 5.64. The molecule has 0 aliphatic carbocycles. The second-order valence-corrected chi connectivity index (χ2v) is 14.9. The van der Waals surface area contributed by atoms with Crippen LogP contribution >= 0.6 is 0 Å². The van der Waals surface area contributed by atoms with Gasteiger partial charge in [0, 0.05) is 11.1 Å². The number of para-hydroxylation sites is 2. The van der Waals surface area contributed by atoms with Crippen molar-refractivity contribution >= 4 is 58.0 Å². The molecular formula is C40H50CaO8S2. The van der Waals surface area contributed by atoms with E-state index in [-0.39, 0.29) is 47.5 Å². The predicted molar refractivity (Wildman–Crippen MR) is 202 cm³/mol. The number of hydrogen-bond acceptors (Lipinski definition) is 8.